The number of esters is 1. The molecule has 0 saturated carbocycles. The van der Waals surface area contributed by atoms with Crippen LogP contribution < -0.4 is 15.4 Å². The first-order valence-electron chi connectivity index (χ1n) is 17.2. The zero-order valence-electron chi connectivity index (χ0n) is 29.8. The summed E-state index contributed by atoms with van der Waals surface area (Å²) < 4.78 is 11.0. The molecule has 2 atom stereocenters. The Morgan fingerprint density at radius 1 is 0.945 bits per heavy atom. The van der Waals surface area contributed by atoms with Gasteiger partial charge in [-0.15, -0.1) is 22.9 Å². The number of thiazole rings is 1. The van der Waals surface area contributed by atoms with E-state index in [1.807, 2.05) is 60.0 Å². The van der Waals surface area contributed by atoms with E-state index in [0.29, 0.717) is 22.1 Å². The number of hydrogen-bond acceptors (Lipinski definition) is 11. The van der Waals surface area contributed by atoms with Crippen molar-refractivity contribution in [2.24, 2.45) is 5.16 Å². The van der Waals surface area contributed by atoms with Gasteiger partial charge in [0.05, 0.1) is 24.6 Å². The molecule has 0 bridgehead atoms. The molecule has 1 saturated heterocycles. The molecule has 2 aliphatic heterocycles. The summed E-state index contributed by atoms with van der Waals surface area (Å²) in [7, 11) is 2.89. The number of alkyl halides is 1. The number of thioether (sulfide) groups is 1. The number of halogens is 1. The van der Waals surface area contributed by atoms with E-state index in [2.05, 4.69) is 52.2 Å². The molecule has 2 N–H and O–H groups in total. The molecule has 7 rings (SSSR count). The maximum Gasteiger partial charge on any atom is 0.355 e. The molecule has 0 radical (unpaired) electrons. The molecule has 14 heteroatoms. The maximum atomic E-state index is 14.1. The third-order valence-electron chi connectivity index (χ3n) is 9.38. The Morgan fingerprint density at radius 2 is 1.55 bits per heavy atom. The van der Waals surface area contributed by atoms with Crippen LogP contribution >= 0.6 is 34.7 Å². The third-order valence-corrected chi connectivity index (χ3v) is 12.0. The Kier molecular flexibility index (Phi) is 11.2. The Hall–Kier alpha value is -5.63. The van der Waals surface area contributed by atoms with Crippen LogP contribution in [0.2, 0.25) is 0 Å². The second-order valence-corrected chi connectivity index (χ2v) is 15.0. The Morgan fingerprint density at radius 3 is 2.07 bits per heavy atom. The summed E-state index contributed by atoms with van der Waals surface area (Å²) in [5, 5.41) is 12.3. The first-order chi connectivity index (χ1) is 26.8. The van der Waals surface area contributed by atoms with Crippen molar-refractivity contribution in [3.63, 3.8) is 0 Å². The van der Waals surface area contributed by atoms with E-state index in [1.54, 1.807) is 31.4 Å². The molecular formula is C41H36ClN5O6S2. The number of β-lactam (4-membered cyclic amide) rings is 1. The van der Waals surface area contributed by atoms with Gasteiger partial charge >= 0.3 is 5.97 Å². The van der Waals surface area contributed by atoms with Gasteiger partial charge < -0.3 is 24.9 Å². The number of nitrogens with one attached hydrogen (secondary N) is 2. The number of aromatic nitrogens is 1. The SMILES string of the molecule is CO/N=C/C(=O)NC1(c2csc(NC(c3ccccc3)(c3ccccc3)c3ccccc3)n2)S[C@@H]2CC(=O)N2C(C(=O)OCc2ccc(OC)cc2)=C1CCl. The van der Waals surface area contributed by atoms with E-state index in [0.717, 1.165) is 22.9 Å². The molecule has 4 aromatic carbocycles. The Balaban J connectivity index is 1.35. The highest BCUT2D eigenvalue weighted by molar-refractivity contribution is 8.01. The summed E-state index contributed by atoms with van der Waals surface area (Å²) in [6, 6.07) is 37.4. The van der Waals surface area contributed by atoms with E-state index < -0.39 is 27.7 Å². The van der Waals surface area contributed by atoms with Crippen molar-refractivity contribution in [3.8, 4) is 5.75 Å². The molecule has 280 valence electrons. The number of nitrogens with zero attached hydrogens (tertiary/aromatic N) is 3. The van der Waals surface area contributed by atoms with Gasteiger partial charge in [0.25, 0.3) is 5.91 Å². The molecular weight excluding hydrogens is 758 g/mol. The van der Waals surface area contributed by atoms with Crippen molar-refractivity contribution in [2.45, 2.75) is 28.8 Å². The number of benzene rings is 4. The van der Waals surface area contributed by atoms with Crippen LogP contribution in [0.5, 0.6) is 5.75 Å². The van der Waals surface area contributed by atoms with Crippen LogP contribution in [0.3, 0.4) is 0 Å². The zero-order chi connectivity index (χ0) is 38.4. The van der Waals surface area contributed by atoms with Crippen LogP contribution in [0.15, 0.2) is 137 Å². The van der Waals surface area contributed by atoms with Crippen LogP contribution in [0.4, 0.5) is 5.13 Å². The normalized spacial score (nSPS) is 18.0. The predicted molar refractivity (Wildman–Crippen MR) is 214 cm³/mol. The lowest BCUT2D eigenvalue weighted by molar-refractivity contribution is -0.150. The maximum absolute atomic E-state index is 14.1. The van der Waals surface area contributed by atoms with Crippen molar-refractivity contribution in [1.82, 2.24) is 15.2 Å². The third kappa shape index (κ3) is 7.30. The number of rotatable bonds is 14. The van der Waals surface area contributed by atoms with Crippen molar-refractivity contribution in [1.29, 1.82) is 0 Å². The van der Waals surface area contributed by atoms with Crippen molar-refractivity contribution in [3.05, 3.63) is 160 Å². The Bertz CT molecular complexity index is 2120. The molecule has 2 amide bonds. The summed E-state index contributed by atoms with van der Waals surface area (Å²) in [4.78, 5) is 50.6. The van der Waals surface area contributed by atoms with Crippen LogP contribution in [0.1, 0.15) is 34.4 Å². The number of fused-ring (bicyclic) bond motifs is 1. The van der Waals surface area contributed by atoms with Crippen LogP contribution in [-0.2, 0) is 41.0 Å². The first-order valence-corrected chi connectivity index (χ1v) is 19.5. The van der Waals surface area contributed by atoms with Gasteiger partial charge in [0.2, 0.25) is 5.91 Å². The number of ether oxygens (including phenoxy) is 2. The highest BCUT2D eigenvalue weighted by Crippen LogP contribution is 2.55. The predicted octanol–water partition coefficient (Wildman–Crippen LogP) is 7.00. The molecule has 11 nitrogen and oxygen atoms in total. The molecule has 55 heavy (non-hydrogen) atoms. The smallest absolute Gasteiger partial charge is 0.355 e. The molecule has 3 heterocycles. The molecule has 0 spiro atoms. The van der Waals surface area contributed by atoms with Gasteiger partial charge in [-0.1, -0.05) is 120 Å². The van der Waals surface area contributed by atoms with Gasteiger partial charge in [0, 0.05) is 16.8 Å². The number of carbonyl (C=O) groups is 3. The van der Waals surface area contributed by atoms with Gasteiger partial charge in [0.1, 0.15) is 36.9 Å². The molecule has 1 unspecified atom stereocenters. The number of amides is 2. The van der Waals surface area contributed by atoms with Crippen molar-refractivity contribution >= 4 is 63.8 Å². The lowest BCUT2D eigenvalue weighted by Gasteiger charge is -2.51. The minimum atomic E-state index is -1.51. The van der Waals surface area contributed by atoms with Crippen LogP contribution in [-0.4, -0.2) is 59.4 Å². The second-order valence-electron chi connectivity index (χ2n) is 12.5. The molecule has 5 aromatic rings. The summed E-state index contributed by atoms with van der Waals surface area (Å²) >= 11 is 9.35. The van der Waals surface area contributed by atoms with Gasteiger partial charge in [-0.3, -0.25) is 14.5 Å². The lowest BCUT2D eigenvalue weighted by atomic mass is 9.77. The molecule has 2 aliphatic rings. The van der Waals surface area contributed by atoms with Gasteiger partial charge in [-0.25, -0.2) is 9.78 Å². The summed E-state index contributed by atoms with van der Waals surface area (Å²) in [6.45, 7) is -0.0765. The van der Waals surface area contributed by atoms with Crippen molar-refractivity contribution in [2.75, 3.05) is 25.4 Å². The van der Waals surface area contributed by atoms with E-state index in [-0.39, 0.29) is 36.1 Å². The first kappa shape index (κ1) is 37.7. The number of carbonyl (C=O) groups excluding carboxylic acids is 3. The fourth-order valence-electron chi connectivity index (χ4n) is 6.78. The highest BCUT2D eigenvalue weighted by atomic mass is 35.5. The van der Waals surface area contributed by atoms with Crippen LogP contribution in [0, 0.1) is 0 Å². The molecule has 0 aliphatic carbocycles. The minimum Gasteiger partial charge on any atom is -0.497 e. The largest absolute Gasteiger partial charge is 0.497 e. The van der Waals surface area contributed by atoms with Gasteiger partial charge in [-0.05, 0) is 34.4 Å². The summed E-state index contributed by atoms with van der Waals surface area (Å²) in [6.07, 6.45) is 1.11. The summed E-state index contributed by atoms with van der Waals surface area (Å²) in [5.74, 6) is -1.25. The number of methoxy groups -OCH3 is 1. The topological polar surface area (TPSA) is 131 Å². The Labute approximate surface area is 331 Å². The van der Waals surface area contributed by atoms with E-state index in [1.165, 1.54) is 35.1 Å². The second kappa shape index (κ2) is 16.4. The van der Waals surface area contributed by atoms with Gasteiger partial charge in [0.15, 0.2) is 10.0 Å². The minimum absolute atomic E-state index is 0.0396. The average molecular weight is 794 g/mol. The lowest BCUT2D eigenvalue weighted by Crippen LogP contribution is -2.61. The van der Waals surface area contributed by atoms with E-state index in [4.69, 9.17) is 30.9 Å². The number of anilines is 1. The fraction of sp³-hybridized carbons (Fsp3) is 0.195. The quantitative estimate of drug-likeness (QED) is 0.0305. The van der Waals surface area contributed by atoms with E-state index in [9.17, 15) is 14.4 Å². The van der Waals surface area contributed by atoms with Crippen molar-refractivity contribution < 1.29 is 28.7 Å². The highest BCUT2D eigenvalue weighted by Gasteiger charge is 2.57. The molecule has 1 fully saturated rings. The zero-order valence-corrected chi connectivity index (χ0v) is 32.2. The molecule has 1 aromatic heterocycles. The number of oxime groups is 1. The fourth-order valence-corrected chi connectivity index (χ4v) is 9.73. The van der Waals surface area contributed by atoms with E-state index >= 15 is 0 Å². The standard InChI is InChI=1S/C41H36ClN5O6S2/c1-51-31-20-18-27(19-21-31)25-53-38(50)37-32(23-42)41(45-34(48)24-43-52-2,55-36-22-35(49)47(36)37)33-26-54-39(44-33)46-40(28-12-6-3-7-13-28,29-14-8-4-9-15-29)30-16-10-5-11-17-30/h3-21,24,26,36H,22-23,25H2,1-2H3,(H,44,46)(H,45,48)/b43-24+/t36-,41?/m1/s1. The van der Waals surface area contributed by atoms with Gasteiger partial charge in [-0.2, -0.15) is 0 Å². The number of hydrogen-bond donors (Lipinski definition) is 2. The summed E-state index contributed by atoms with van der Waals surface area (Å²) in [5.41, 5.74) is 3.33. The average Bonchev–Trinajstić information content (AvgIpc) is 3.71. The monoisotopic (exact) mass is 793 g/mol. The van der Waals surface area contributed by atoms with Crippen LogP contribution in [0.25, 0.3) is 0 Å².